The Kier molecular flexibility index (Phi) is 7.96. The molecule has 13 heteroatoms. The van der Waals surface area contributed by atoms with Crippen LogP contribution in [0.15, 0.2) is 36.7 Å². The van der Waals surface area contributed by atoms with Gasteiger partial charge in [0.2, 0.25) is 5.91 Å². The van der Waals surface area contributed by atoms with Crippen molar-refractivity contribution in [1.29, 1.82) is 5.26 Å². The third-order valence-corrected chi connectivity index (χ3v) is 13.6. The topological polar surface area (TPSA) is 103 Å². The Morgan fingerprint density at radius 3 is 2.61 bits per heavy atom. The lowest BCUT2D eigenvalue weighted by molar-refractivity contribution is -0.135. The number of aryl methyl sites for hydroxylation is 3. The Labute approximate surface area is 321 Å². The van der Waals surface area contributed by atoms with Crippen molar-refractivity contribution in [3.63, 3.8) is 0 Å². The van der Waals surface area contributed by atoms with E-state index in [9.17, 15) is 10.1 Å². The lowest BCUT2D eigenvalue weighted by Gasteiger charge is -2.40. The monoisotopic (exact) mass is 766 g/mol. The van der Waals surface area contributed by atoms with Crippen LogP contribution in [0.3, 0.4) is 0 Å². The molecule has 5 aromatic rings. The fourth-order valence-electron chi connectivity index (χ4n) is 10.1. The lowest BCUT2D eigenvalue weighted by Crippen LogP contribution is -2.45. The Bertz CT molecular complexity index is 2450. The number of piperidine rings is 1. The highest BCUT2D eigenvalue weighted by atomic mass is 35.5. The molecule has 0 spiro atoms. The second-order valence-electron chi connectivity index (χ2n) is 15.9. The fourth-order valence-corrected chi connectivity index (χ4v) is 10.5. The third-order valence-electron chi connectivity index (χ3n) is 12.8. The van der Waals surface area contributed by atoms with Crippen LogP contribution in [0.4, 0.5) is 14.6 Å². The van der Waals surface area contributed by atoms with Crippen molar-refractivity contribution in [3.8, 4) is 17.2 Å². The van der Waals surface area contributed by atoms with Crippen LogP contribution < -0.4 is 10.2 Å². The first-order valence-corrected chi connectivity index (χ1v) is 19.7. The predicted octanol–water partition coefficient (Wildman–Crippen LogP) is 8.03. The number of nitrogens with zero attached hydrogens (tertiary/aromatic N) is 7. The van der Waals surface area contributed by atoms with Crippen molar-refractivity contribution in [2.24, 2.45) is 17.8 Å². The minimum atomic E-state index is -0.501. The number of fused-ring (bicyclic) bond motifs is 6. The van der Waals surface area contributed by atoms with E-state index in [0.29, 0.717) is 63.9 Å². The van der Waals surface area contributed by atoms with Gasteiger partial charge in [0.1, 0.15) is 11.8 Å². The number of aromatic nitrogens is 4. The van der Waals surface area contributed by atoms with Gasteiger partial charge >= 0.3 is 0 Å². The van der Waals surface area contributed by atoms with Crippen LogP contribution in [0.1, 0.15) is 66.8 Å². The molecule has 4 saturated heterocycles. The molecule has 3 aromatic heterocycles. The summed E-state index contributed by atoms with van der Waals surface area (Å²) >= 11 is 13.1. The zero-order chi connectivity index (χ0) is 37.2. The van der Waals surface area contributed by atoms with Crippen molar-refractivity contribution < 1.29 is 13.6 Å². The molecule has 11 rings (SSSR count). The van der Waals surface area contributed by atoms with Crippen LogP contribution in [0, 0.1) is 54.6 Å². The van der Waals surface area contributed by atoms with Crippen molar-refractivity contribution in [2.45, 2.75) is 76.5 Å². The number of benzene rings is 2. The summed E-state index contributed by atoms with van der Waals surface area (Å²) < 4.78 is 35.2. The molecule has 1 amide bonds. The molecular formula is C41H38Cl2F2N8O. The molecule has 54 heavy (non-hydrogen) atoms. The SMILES string of the molecule is Cc1ncnc(N2CC3CC(C2)N(C(=O)C2CC2)C3c2cc3c(C)nc4c(F)c(-c5cccc(Cl)c5Cl)c(CCC#N)cc4c3n2C2C3CNC2C3)c1F. The van der Waals surface area contributed by atoms with E-state index in [1.807, 2.05) is 17.9 Å². The molecule has 4 bridgehead atoms. The number of rotatable bonds is 7. The second-order valence-corrected chi connectivity index (χ2v) is 16.7. The summed E-state index contributed by atoms with van der Waals surface area (Å²) in [6.07, 6.45) is 5.51. The molecule has 9 nitrogen and oxygen atoms in total. The van der Waals surface area contributed by atoms with Gasteiger partial charge in [0.05, 0.1) is 45.5 Å². The van der Waals surface area contributed by atoms with Gasteiger partial charge in [0.15, 0.2) is 17.5 Å². The highest BCUT2D eigenvalue weighted by Gasteiger charge is 2.55. The number of hydrogen-bond donors (Lipinski definition) is 1. The summed E-state index contributed by atoms with van der Waals surface area (Å²) in [6, 6.07) is 11.5. The molecule has 7 heterocycles. The van der Waals surface area contributed by atoms with E-state index in [-0.39, 0.29) is 64.7 Å². The number of anilines is 1. The number of nitrogens with one attached hydrogen (secondary N) is 1. The summed E-state index contributed by atoms with van der Waals surface area (Å²) in [5, 5.41) is 15.5. The molecule has 0 radical (unpaired) electrons. The quantitative estimate of drug-likeness (QED) is 0.179. The standard InChI is InChI=1S/C41H38Cl2F2N8O/c1-19-27-14-31(38-24-11-25(52(38)41(54)21-8-9-21)17-51(16-24)40-34(44)20(2)48-18-49-40)53(37-23-13-30(37)47-15-23)39(27)28-12-22(5-4-10-46)32(35(45)36(28)50-19)26-6-3-7-29(42)33(26)43/h3,6-7,12,14,18,21,23-25,30,37-38,47H,4-5,8-9,11,13,15-17H2,1-2H3. The first-order chi connectivity index (χ1) is 26.1. The summed E-state index contributed by atoms with van der Waals surface area (Å²) in [5.74, 6) is -0.109. The maximum absolute atomic E-state index is 17.3. The van der Waals surface area contributed by atoms with Gasteiger partial charge in [-0.15, -0.1) is 0 Å². The maximum Gasteiger partial charge on any atom is 0.226 e. The average molecular weight is 768 g/mol. The average Bonchev–Trinajstić information content (AvgIpc) is 3.44. The normalized spacial score (nSPS) is 25.8. The molecule has 6 aliphatic rings. The number of halogens is 4. The number of pyridine rings is 1. The first kappa shape index (κ1) is 34.1. The second kappa shape index (κ2) is 12.6. The number of carbonyl (C=O) groups excluding carboxylic acids is 1. The van der Waals surface area contributed by atoms with Gasteiger partial charge < -0.3 is 19.7 Å². The number of hydrogen-bond acceptors (Lipinski definition) is 7. The molecular weight excluding hydrogens is 729 g/mol. The predicted molar refractivity (Wildman–Crippen MR) is 203 cm³/mol. The Morgan fingerprint density at radius 1 is 1.04 bits per heavy atom. The lowest BCUT2D eigenvalue weighted by atomic mass is 9.79. The van der Waals surface area contributed by atoms with E-state index in [2.05, 4.69) is 36.9 Å². The van der Waals surface area contributed by atoms with E-state index in [0.717, 1.165) is 48.8 Å². The van der Waals surface area contributed by atoms with Crippen LogP contribution in [0.5, 0.6) is 0 Å². The molecule has 4 aliphatic heterocycles. The Balaban J connectivity index is 1.21. The molecule has 2 saturated carbocycles. The van der Waals surface area contributed by atoms with Gasteiger partial charge in [-0.3, -0.25) is 4.79 Å². The maximum atomic E-state index is 17.3. The van der Waals surface area contributed by atoms with Crippen LogP contribution in [-0.2, 0) is 11.2 Å². The molecule has 6 fully saturated rings. The summed E-state index contributed by atoms with van der Waals surface area (Å²) in [5.41, 5.74) is 4.55. The Hall–Kier alpha value is -4.37. The molecule has 1 N–H and O–H groups in total. The van der Waals surface area contributed by atoms with Gasteiger partial charge in [0.25, 0.3) is 0 Å². The van der Waals surface area contributed by atoms with E-state index < -0.39 is 11.6 Å². The van der Waals surface area contributed by atoms with Gasteiger partial charge in [-0.1, -0.05) is 35.3 Å². The van der Waals surface area contributed by atoms with E-state index in [1.54, 1.807) is 25.1 Å². The van der Waals surface area contributed by atoms with Crippen LogP contribution in [-0.4, -0.2) is 62.0 Å². The zero-order valence-electron chi connectivity index (χ0n) is 29.9. The van der Waals surface area contributed by atoms with Crippen LogP contribution in [0.2, 0.25) is 10.0 Å². The molecule has 276 valence electrons. The van der Waals surface area contributed by atoms with Crippen LogP contribution in [0.25, 0.3) is 32.9 Å². The zero-order valence-corrected chi connectivity index (χ0v) is 31.4. The van der Waals surface area contributed by atoms with Gasteiger partial charge in [-0.05, 0) is 75.6 Å². The largest absolute Gasteiger partial charge is 0.352 e. The van der Waals surface area contributed by atoms with Crippen LogP contribution >= 0.6 is 23.2 Å². The summed E-state index contributed by atoms with van der Waals surface area (Å²) in [6.45, 7) is 5.47. The Morgan fingerprint density at radius 2 is 1.87 bits per heavy atom. The van der Waals surface area contributed by atoms with Gasteiger partial charge in [-0.2, -0.15) is 5.26 Å². The van der Waals surface area contributed by atoms with Gasteiger partial charge in [0, 0.05) is 77.2 Å². The molecule has 2 aromatic carbocycles. The van der Waals surface area contributed by atoms with Crippen molar-refractivity contribution in [1.82, 2.24) is 29.7 Å². The van der Waals surface area contributed by atoms with Crippen molar-refractivity contribution >= 4 is 56.7 Å². The van der Waals surface area contributed by atoms with E-state index in [4.69, 9.17) is 28.2 Å². The molecule has 6 atom stereocenters. The van der Waals surface area contributed by atoms with E-state index in [1.165, 1.54) is 6.33 Å². The van der Waals surface area contributed by atoms with Crippen molar-refractivity contribution in [2.75, 3.05) is 24.5 Å². The number of amides is 1. The van der Waals surface area contributed by atoms with E-state index >= 15 is 8.78 Å². The number of likely N-dealkylation sites (tertiary alicyclic amines) is 1. The highest BCUT2D eigenvalue weighted by Crippen LogP contribution is 2.54. The smallest absolute Gasteiger partial charge is 0.226 e. The van der Waals surface area contributed by atoms with Gasteiger partial charge in [-0.25, -0.2) is 23.7 Å². The minimum Gasteiger partial charge on any atom is -0.352 e. The molecule has 2 aliphatic carbocycles. The number of carbonyl (C=O) groups is 1. The summed E-state index contributed by atoms with van der Waals surface area (Å²) in [7, 11) is 0. The fraction of sp³-hybridized carbons (Fsp3) is 0.439. The summed E-state index contributed by atoms with van der Waals surface area (Å²) in [4.78, 5) is 31.9. The van der Waals surface area contributed by atoms with Crippen molar-refractivity contribution in [3.05, 3.63) is 81.0 Å². The minimum absolute atomic E-state index is 0.00420. The first-order valence-electron chi connectivity index (χ1n) is 18.9. The number of nitriles is 1. The third kappa shape index (κ3) is 5.02. The molecule has 6 unspecified atom stereocenters. The highest BCUT2D eigenvalue weighted by molar-refractivity contribution is 6.43.